The Hall–Kier alpha value is -1.96. The summed E-state index contributed by atoms with van der Waals surface area (Å²) in [6.45, 7) is 1.97. The third-order valence-corrected chi connectivity index (χ3v) is 3.18. The maximum absolute atomic E-state index is 11.8. The van der Waals surface area contributed by atoms with Gasteiger partial charge in [0.1, 0.15) is 5.75 Å². The van der Waals surface area contributed by atoms with Gasteiger partial charge in [0, 0.05) is 6.20 Å². The van der Waals surface area contributed by atoms with Crippen LogP contribution in [0, 0.1) is 6.92 Å². The van der Waals surface area contributed by atoms with Gasteiger partial charge >= 0.3 is 5.97 Å². The molecule has 0 bridgehead atoms. The summed E-state index contributed by atoms with van der Waals surface area (Å²) >= 11 is 1.75. The molecular weight excluding hydrogens is 383 g/mol. The van der Waals surface area contributed by atoms with Gasteiger partial charge in [-0.25, -0.2) is 13.0 Å². The highest BCUT2D eigenvalue weighted by Crippen LogP contribution is 2.24. The standard InChI is InChI=1S/C15H13IN2O3/c1-10-5-3-6-11(9-10)21-14-12(7-4-8-17-14)13(18-16)15(19)20-2/h3-9H,1-2H3/b18-13-. The molecule has 0 aliphatic carbocycles. The number of hydrogen-bond acceptors (Lipinski definition) is 5. The molecule has 0 fully saturated rings. The van der Waals surface area contributed by atoms with E-state index in [0.29, 0.717) is 17.2 Å². The Morgan fingerprint density at radius 3 is 2.76 bits per heavy atom. The fraction of sp³-hybridized carbons (Fsp3) is 0.133. The van der Waals surface area contributed by atoms with Crippen LogP contribution in [0.25, 0.3) is 0 Å². The quantitative estimate of drug-likeness (QED) is 0.451. The van der Waals surface area contributed by atoms with Crippen LogP contribution in [0.4, 0.5) is 0 Å². The van der Waals surface area contributed by atoms with E-state index in [0.717, 1.165) is 5.56 Å². The van der Waals surface area contributed by atoms with Crippen LogP contribution in [0.5, 0.6) is 11.6 Å². The Balaban J connectivity index is 2.39. The number of methoxy groups -OCH3 is 1. The Labute approximate surface area is 136 Å². The van der Waals surface area contributed by atoms with Gasteiger partial charge < -0.3 is 9.47 Å². The molecular formula is C15H13IN2O3. The number of nitrogens with zero attached hydrogens (tertiary/aromatic N) is 2. The van der Waals surface area contributed by atoms with Crippen molar-refractivity contribution in [2.24, 2.45) is 3.21 Å². The number of esters is 1. The van der Waals surface area contributed by atoms with Gasteiger partial charge in [-0.3, -0.25) is 0 Å². The van der Waals surface area contributed by atoms with Crippen LogP contribution in [0.3, 0.4) is 0 Å². The average Bonchev–Trinajstić information content (AvgIpc) is 2.49. The van der Waals surface area contributed by atoms with Crippen LogP contribution in [0.1, 0.15) is 11.1 Å². The molecule has 0 unspecified atom stereocenters. The maximum atomic E-state index is 11.8. The Morgan fingerprint density at radius 2 is 2.10 bits per heavy atom. The number of rotatable bonds is 4. The van der Waals surface area contributed by atoms with E-state index in [1.54, 1.807) is 41.2 Å². The van der Waals surface area contributed by atoms with Gasteiger partial charge in [-0.05, 0) is 36.8 Å². The predicted molar refractivity (Wildman–Crippen MR) is 88.1 cm³/mol. The van der Waals surface area contributed by atoms with E-state index in [2.05, 4.69) is 8.19 Å². The molecule has 1 aromatic heterocycles. The van der Waals surface area contributed by atoms with Gasteiger partial charge in [-0.15, -0.1) is 0 Å². The number of carbonyl (C=O) groups excluding carboxylic acids is 1. The average molecular weight is 396 g/mol. The minimum absolute atomic E-state index is 0.161. The molecule has 0 aliphatic rings. The summed E-state index contributed by atoms with van der Waals surface area (Å²) in [5.41, 5.74) is 1.72. The van der Waals surface area contributed by atoms with E-state index in [4.69, 9.17) is 9.47 Å². The summed E-state index contributed by atoms with van der Waals surface area (Å²) in [5, 5.41) is 0. The number of carbonyl (C=O) groups is 1. The number of aromatic nitrogens is 1. The Bertz CT molecular complexity index is 686. The summed E-state index contributed by atoms with van der Waals surface area (Å²) < 4.78 is 14.4. The molecule has 0 spiro atoms. The summed E-state index contributed by atoms with van der Waals surface area (Å²) in [5.74, 6) is 0.419. The van der Waals surface area contributed by atoms with Crippen LogP contribution >= 0.6 is 22.9 Å². The van der Waals surface area contributed by atoms with E-state index in [1.807, 2.05) is 31.2 Å². The van der Waals surface area contributed by atoms with Crippen LogP contribution in [0.2, 0.25) is 0 Å². The zero-order valence-electron chi connectivity index (χ0n) is 11.5. The molecule has 0 amide bonds. The summed E-state index contributed by atoms with van der Waals surface area (Å²) in [6, 6.07) is 11.0. The minimum Gasteiger partial charge on any atom is -0.464 e. The van der Waals surface area contributed by atoms with Crippen molar-refractivity contribution in [2.45, 2.75) is 6.92 Å². The molecule has 1 aromatic carbocycles. The SMILES string of the molecule is COC(=O)/C(=N\I)c1cccnc1Oc1cccc(C)c1. The molecule has 0 radical (unpaired) electrons. The lowest BCUT2D eigenvalue weighted by atomic mass is 10.1. The fourth-order valence-corrected chi connectivity index (χ4v) is 2.19. The van der Waals surface area contributed by atoms with Crippen molar-refractivity contribution in [1.82, 2.24) is 4.98 Å². The number of ether oxygens (including phenoxy) is 2. The first kappa shape index (κ1) is 15.4. The molecule has 0 saturated heterocycles. The second-order valence-electron chi connectivity index (χ2n) is 4.20. The second kappa shape index (κ2) is 7.16. The van der Waals surface area contributed by atoms with Crippen molar-refractivity contribution < 1.29 is 14.3 Å². The molecule has 108 valence electrons. The van der Waals surface area contributed by atoms with Crippen molar-refractivity contribution in [3.05, 3.63) is 53.7 Å². The lowest BCUT2D eigenvalue weighted by Gasteiger charge is -2.10. The highest BCUT2D eigenvalue weighted by Gasteiger charge is 2.20. The summed E-state index contributed by atoms with van der Waals surface area (Å²) in [6.07, 6.45) is 1.59. The van der Waals surface area contributed by atoms with Crippen LogP contribution in [-0.4, -0.2) is 23.8 Å². The third kappa shape index (κ3) is 3.78. The first-order valence-corrected chi connectivity index (χ1v) is 7.09. The second-order valence-corrected chi connectivity index (χ2v) is 4.68. The molecule has 5 nitrogen and oxygen atoms in total. The molecule has 6 heteroatoms. The van der Waals surface area contributed by atoms with Gasteiger partial charge in [0.2, 0.25) is 5.88 Å². The van der Waals surface area contributed by atoms with Crippen LogP contribution < -0.4 is 4.74 Å². The van der Waals surface area contributed by atoms with Crippen LogP contribution in [0.15, 0.2) is 45.8 Å². The van der Waals surface area contributed by atoms with Gasteiger partial charge in [-0.1, -0.05) is 12.1 Å². The summed E-state index contributed by atoms with van der Waals surface area (Å²) in [7, 11) is 1.31. The first-order valence-electron chi connectivity index (χ1n) is 6.13. The topological polar surface area (TPSA) is 60.8 Å². The zero-order chi connectivity index (χ0) is 15.2. The van der Waals surface area contributed by atoms with Gasteiger partial charge in [0.05, 0.1) is 35.5 Å². The Morgan fingerprint density at radius 1 is 1.29 bits per heavy atom. The first-order chi connectivity index (χ1) is 10.2. The van der Waals surface area contributed by atoms with Crippen molar-refractivity contribution >= 4 is 34.5 Å². The molecule has 0 aliphatic heterocycles. The normalized spacial score (nSPS) is 11.1. The lowest BCUT2D eigenvalue weighted by Crippen LogP contribution is -2.17. The smallest absolute Gasteiger partial charge is 0.357 e. The van der Waals surface area contributed by atoms with Gasteiger partial charge in [0.25, 0.3) is 0 Å². The lowest BCUT2D eigenvalue weighted by molar-refractivity contribution is -0.132. The summed E-state index contributed by atoms with van der Waals surface area (Å²) in [4.78, 5) is 15.9. The highest BCUT2D eigenvalue weighted by atomic mass is 127. The number of halogens is 1. The van der Waals surface area contributed by atoms with E-state index >= 15 is 0 Å². The molecule has 2 aromatic rings. The third-order valence-electron chi connectivity index (χ3n) is 2.69. The molecule has 2 rings (SSSR count). The number of aryl methyl sites for hydroxylation is 1. The fourth-order valence-electron chi connectivity index (χ4n) is 1.73. The van der Waals surface area contributed by atoms with E-state index < -0.39 is 5.97 Å². The largest absolute Gasteiger partial charge is 0.464 e. The molecule has 0 atom stereocenters. The van der Waals surface area contributed by atoms with Crippen molar-refractivity contribution in [1.29, 1.82) is 0 Å². The van der Waals surface area contributed by atoms with E-state index in [9.17, 15) is 4.79 Å². The minimum atomic E-state index is -0.536. The van der Waals surface area contributed by atoms with E-state index in [1.165, 1.54) is 7.11 Å². The monoisotopic (exact) mass is 396 g/mol. The molecule has 0 saturated carbocycles. The van der Waals surface area contributed by atoms with E-state index in [-0.39, 0.29) is 5.71 Å². The van der Waals surface area contributed by atoms with Crippen molar-refractivity contribution in [2.75, 3.05) is 7.11 Å². The van der Waals surface area contributed by atoms with Crippen molar-refractivity contribution in [3.8, 4) is 11.6 Å². The number of benzene rings is 1. The molecule has 1 heterocycles. The molecule has 21 heavy (non-hydrogen) atoms. The van der Waals surface area contributed by atoms with Crippen molar-refractivity contribution in [3.63, 3.8) is 0 Å². The van der Waals surface area contributed by atoms with Crippen LogP contribution in [-0.2, 0) is 9.53 Å². The Kier molecular flexibility index (Phi) is 5.26. The highest BCUT2D eigenvalue weighted by molar-refractivity contribution is 14.1. The molecule has 0 N–H and O–H groups in total. The predicted octanol–water partition coefficient (Wildman–Crippen LogP) is 3.49. The zero-order valence-corrected chi connectivity index (χ0v) is 13.7. The van der Waals surface area contributed by atoms with Gasteiger partial charge in [0.15, 0.2) is 5.71 Å². The van der Waals surface area contributed by atoms with Gasteiger partial charge in [-0.2, -0.15) is 0 Å². The number of hydrogen-bond donors (Lipinski definition) is 0. The maximum Gasteiger partial charge on any atom is 0.357 e. The number of pyridine rings is 1.